The third-order valence-electron chi connectivity index (χ3n) is 2.61. The van der Waals surface area contributed by atoms with E-state index < -0.39 is 17.1 Å². The topological polar surface area (TPSA) is 36.9 Å². The average molecular weight is 278 g/mol. The Balaban J connectivity index is 4.78. The van der Waals surface area contributed by atoms with E-state index in [1.54, 1.807) is 21.3 Å². The first kappa shape index (κ1) is 17.0. The standard InChI is InChI=1S/C11H26O4Si2/c1-9-16(7,8)15-11(2,3)10-17(12-4,13-5)14-6/h9H,1,10H2,2-8H3. The summed E-state index contributed by atoms with van der Waals surface area (Å²) in [6, 6.07) is 0.619. The minimum absolute atomic E-state index is 0.349. The normalized spacial score (nSPS) is 13.8. The van der Waals surface area contributed by atoms with Crippen molar-refractivity contribution in [3.63, 3.8) is 0 Å². The van der Waals surface area contributed by atoms with Gasteiger partial charge in [0.05, 0.1) is 5.60 Å². The highest BCUT2D eigenvalue weighted by atomic mass is 28.4. The molecule has 0 aromatic carbocycles. The molecule has 0 aliphatic rings. The Hall–Kier alpha value is 0.0138. The first-order valence-corrected chi connectivity index (χ1v) is 10.6. The van der Waals surface area contributed by atoms with Crippen LogP contribution in [0.15, 0.2) is 12.3 Å². The molecule has 4 nitrogen and oxygen atoms in total. The maximum Gasteiger partial charge on any atom is 0.503 e. The van der Waals surface area contributed by atoms with Gasteiger partial charge in [0, 0.05) is 27.4 Å². The fourth-order valence-corrected chi connectivity index (χ4v) is 5.55. The Bertz CT molecular complexity index is 242. The molecule has 6 heteroatoms. The van der Waals surface area contributed by atoms with E-state index in [-0.39, 0.29) is 5.60 Å². The largest absolute Gasteiger partial charge is 0.503 e. The Morgan fingerprint density at radius 2 is 1.47 bits per heavy atom. The summed E-state index contributed by atoms with van der Waals surface area (Å²) < 4.78 is 22.4. The van der Waals surface area contributed by atoms with Gasteiger partial charge in [-0.05, 0) is 26.9 Å². The van der Waals surface area contributed by atoms with E-state index in [4.69, 9.17) is 17.7 Å². The summed E-state index contributed by atoms with van der Waals surface area (Å²) in [5.41, 5.74) is 1.57. The summed E-state index contributed by atoms with van der Waals surface area (Å²) >= 11 is 0. The molecule has 0 aliphatic carbocycles. The van der Waals surface area contributed by atoms with Crippen molar-refractivity contribution in [3.05, 3.63) is 12.3 Å². The summed E-state index contributed by atoms with van der Waals surface area (Å²) in [6.45, 7) is 12.1. The zero-order valence-electron chi connectivity index (χ0n) is 12.1. The molecule has 0 saturated carbocycles. The van der Waals surface area contributed by atoms with Crippen LogP contribution in [0.2, 0.25) is 19.1 Å². The van der Waals surface area contributed by atoms with Gasteiger partial charge in [0.15, 0.2) is 0 Å². The monoisotopic (exact) mass is 278 g/mol. The van der Waals surface area contributed by atoms with Crippen LogP contribution in [0.1, 0.15) is 13.8 Å². The van der Waals surface area contributed by atoms with E-state index >= 15 is 0 Å². The van der Waals surface area contributed by atoms with Gasteiger partial charge in [0.25, 0.3) is 0 Å². The predicted octanol–water partition coefficient (Wildman–Crippen LogP) is 2.59. The molecular formula is C11H26O4Si2. The first-order chi connectivity index (χ1) is 7.66. The summed E-state index contributed by atoms with van der Waals surface area (Å²) in [4.78, 5) is 0. The minimum Gasteiger partial charge on any atom is -0.409 e. The molecule has 0 spiro atoms. The van der Waals surface area contributed by atoms with E-state index in [9.17, 15) is 0 Å². The van der Waals surface area contributed by atoms with Gasteiger partial charge in [-0.25, -0.2) is 0 Å². The predicted molar refractivity (Wildman–Crippen MR) is 74.4 cm³/mol. The molecule has 17 heavy (non-hydrogen) atoms. The van der Waals surface area contributed by atoms with E-state index in [0.29, 0.717) is 6.04 Å². The van der Waals surface area contributed by atoms with Gasteiger partial charge in [-0.15, -0.1) is 6.58 Å². The molecule has 0 atom stereocenters. The lowest BCUT2D eigenvalue weighted by Crippen LogP contribution is -2.51. The smallest absolute Gasteiger partial charge is 0.409 e. The van der Waals surface area contributed by atoms with Crippen LogP contribution < -0.4 is 0 Å². The van der Waals surface area contributed by atoms with Crippen LogP contribution in [0, 0.1) is 0 Å². The SMILES string of the molecule is C=C[Si](C)(C)OC(C)(C)C[Si](OC)(OC)OC. The fraction of sp³-hybridized carbons (Fsp3) is 0.818. The molecule has 0 radical (unpaired) electrons. The number of hydrogen-bond acceptors (Lipinski definition) is 4. The fourth-order valence-electron chi connectivity index (χ4n) is 1.78. The van der Waals surface area contributed by atoms with Crippen molar-refractivity contribution in [3.8, 4) is 0 Å². The van der Waals surface area contributed by atoms with Crippen LogP contribution in [-0.2, 0) is 17.7 Å². The van der Waals surface area contributed by atoms with Crippen LogP contribution in [0.3, 0.4) is 0 Å². The third kappa shape index (κ3) is 5.45. The Kier molecular flexibility index (Phi) is 6.26. The van der Waals surface area contributed by atoms with Gasteiger partial charge in [0.1, 0.15) is 0 Å². The van der Waals surface area contributed by atoms with Crippen LogP contribution in [0.25, 0.3) is 0 Å². The van der Waals surface area contributed by atoms with E-state index in [2.05, 4.69) is 19.7 Å². The van der Waals surface area contributed by atoms with Crippen molar-refractivity contribution in [1.82, 2.24) is 0 Å². The summed E-state index contributed by atoms with van der Waals surface area (Å²) in [5, 5.41) is 0. The van der Waals surface area contributed by atoms with Crippen molar-refractivity contribution in [2.45, 2.75) is 38.6 Å². The summed E-state index contributed by atoms with van der Waals surface area (Å²) in [5.74, 6) is 0. The van der Waals surface area contributed by atoms with Gasteiger partial charge < -0.3 is 17.7 Å². The van der Waals surface area contributed by atoms with E-state index in [1.807, 2.05) is 19.5 Å². The summed E-state index contributed by atoms with van der Waals surface area (Å²) in [7, 11) is 0.416. The van der Waals surface area contributed by atoms with Crippen LogP contribution in [-0.4, -0.2) is 44.1 Å². The lowest BCUT2D eigenvalue weighted by molar-refractivity contribution is 0.0683. The maximum atomic E-state index is 6.15. The van der Waals surface area contributed by atoms with E-state index in [0.717, 1.165) is 0 Å². The second kappa shape index (κ2) is 6.26. The lowest BCUT2D eigenvalue weighted by Gasteiger charge is -2.37. The number of rotatable bonds is 8. The molecule has 0 rings (SSSR count). The van der Waals surface area contributed by atoms with Gasteiger partial charge >= 0.3 is 8.80 Å². The van der Waals surface area contributed by atoms with Gasteiger partial charge in [0.2, 0.25) is 8.32 Å². The molecule has 0 amide bonds. The molecule has 0 aromatic rings. The van der Waals surface area contributed by atoms with Crippen molar-refractivity contribution < 1.29 is 17.7 Å². The lowest BCUT2D eigenvalue weighted by atomic mass is 10.2. The number of hydrogen-bond donors (Lipinski definition) is 0. The van der Waals surface area contributed by atoms with Crippen molar-refractivity contribution in [1.29, 1.82) is 0 Å². The van der Waals surface area contributed by atoms with Gasteiger partial charge in [-0.3, -0.25) is 0 Å². The molecule has 0 saturated heterocycles. The van der Waals surface area contributed by atoms with Gasteiger partial charge in [-0.1, -0.05) is 5.70 Å². The van der Waals surface area contributed by atoms with Crippen molar-refractivity contribution in [2.75, 3.05) is 21.3 Å². The average Bonchev–Trinajstić information content (AvgIpc) is 2.25. The van der Waals surface area contributed by atoms with E-state index in [1.165, 1.54) is 0 Å². The Morgan fingerprint density at radius 1 is 1.06 bits per heavy atom. The first-order valence-electron chi connectivity index (χ1n) is 5.65. The molecule has 0 N–H and O–H groups in total. The molecule has 0 aromatic heterocycles. The minimum atomic E-state index is -2.60. The summed E-state index contributed by atoms with van der Waals surface area (Å²) in [6.07, 6.45) is 0. The zero-order valence-corrected chi connectivity index (χ0v) is 14.1. The van der Waals surface area contributed by atoms with Crippen LogP contribution >= 0.6 is 0 Å². The molecule has 0 heterocycles. The van der Waals surface area contributed by atoms with Gasteiger partial charge in [-0.2, -0.15) is 0 Å². The zero-order chi connectivity index (χ0) is 13.7. The highest BCUT2D eigenvalue weighted by molar-refractivity contribution is 6.76. The van der Waals surface area contributed by atoms with Crippen LogP contribution in [0.5, 0.6) is 0 Å². The Labute approximate surface area is 107 Å². The highest BCUT2D eigenvalue weighted by Gasteiger charge is 2.45. The molecule has 0 fully saturated rings. The second-order valence-electron chi connectivity index (χ2n) is 5.14. The van der Waals surface area contributed by atoms with Crippen molar-refractivity contribution >= 4 is 17.1 Å². The third-order valence-corrected chi connectivity index (χ3v) is 7.82. The molecular weight excluding hydrogens is 252 g/mol. The second-order valence-corrected chi connectivity index (χ2v) is 11.9. The molecule has 0 bridgehead atoms. The quantitative estimate of drug-likeness (QED) is 0.640. The maximum absolute atomic E-state index is 6.15. The van der Waals surface area contributed by atoms with Crippen LogP contribution in [0.4, 0.5) is 0 Å². The highest BCUT2D eigenvalue weighted by Crippen LogP contribution is 2.28. The molecule has 0 unspecified atom stereocenters. The molecule has 102 valence electrons. The molecule has 0 aliphatic heterocycles. The van der Waals surface area contributed by atoms with Crippen molar-refractivity contribution in [2.24, 2.45) is 0 Å². The Morgan fingerprint density at radius 3 is 1.76 bits per heavy atom.